The number of fused-ring (bicyclic) bond motifs is 1. The molecule has 1 aliphatic rings. The van der Waals surface area contributed by atoms with Gasteiger partial charge in [0.1, 0.15) is 11.6 Å². The van der Waals surface area contributed by atoms with E-state index in [1.54, 1.807) is 0 Å². The Hall–Kier alpha value is -1.12. The summed E-state index contributed by atoms with van der Waals surface area (Å²) in [6, 6.07) is 0.427. The van der Waals surface area contributed by atoms with Gasteiger partial charge in [0.2, 0.25) is 0 Å². The summed E-state index contributed by atoms with van der Waals surface area (Å²) in [4.78, 5) is 9.43. The topological polar surface area (TPSA) is 37.8 Å². The molecule has 1 aromatic rings. The minimum Gasteiger partial charge on any atom is -0.368 e. The summed E-state index contributed by atoms with van der Waals surface area (Å²) in [7, 11) is 0. The molecule has 1 aliphatic carbocycles. The van der Waals surface area contributed by atoms with Crippen molar-refractivity contribution in [1.82, 2.24) is 9.97 Å². The molecule has 0 saturated heterocycles. The third-order valence-corrected chi connectivity index (χ3v) is 3.14. The van der Waals surface area contributed by atoms with Gasteiger partial charge in [0, 0.05) is 23.2 Å². The third-order valence-electron chi connectivity index (χ3n) is 3.14. The average Bonchev–Trinajstić information content (AvgIpc) is 2.28. The highest BCUT2D eigenvalue weighted by atomic mass is 15.1. The fourth-order valence-electron chi connectivity index (χ4n) is 2.26. The molecular weight excluding hydrogens is 210 g/mol. The average molecular weight is 233 g/mol. The number of aromatic nitrogens is 2. The van der Waals surface area contributed by atoms with Gasteiger partial charge in [0.15, 0.2) is 0 Å². The number of anilines is 1. The number of aryl methyl sites for hydroxylation is 1. The molecule has 1 heterocycles. The van der Waals surface area contributed by atoms with Crippen molar-refractivity contribution in [3.05, 3.63) is 17.1 Å². The van der Waals surface area contributed by atoms with Gasteiger partial charge in [0.25, 0.3) is 0 Å². The van der Waals surface area contributed by atoms with Gasteiger partial charge < -0.3 is 5.32 Å². The molecule has 0 bridgehead atoms. The summed E-state index contributed by atoms with van der Waals surface area (Å²) in [6.07, 6.45) is 4.78. The van der Waals surface area contributed by atoms with E-state index in [0.29, 0.717) is 12.0 Å². The van der Waals surface area contributed by atoms with Crippen LogP contribution in [0.25, 0.3) is 0 Å². The van der Waals surface area contributed by atoms with E-state index in [1.807, 2.05) is 0 Å². The number of nitrogens with zero attached hydrogens (tertiary/aromatic N) is 2. The summed E-state index contributed by atoms with van der Waals surface area (Å²) in [6.45, 7) is 8.63. The van der Waals surface area contributed by atoms with Gasteiger partial charge in [-0.15, -0.1) is 0 Å². The predicted octanol–water partition coefficient (Wildman–Crippen LogP) is 3.30. The highest BCUT2D eigenvalue weighted by molar-refractivity contribution is 5.48. The van der Waals surface area contributed by atoms with Crippen LogP contribution >= 0.6 is 0 Å². The molecular formula is C14H23N3. The molecule has 17 heavy (non-hydrogen) atoms. The van der Waals surface area contributed by atoms with Gasteiger partial charge in [-0.25, -0.2) is 9.97 Å². The fourth-order valence-corrected chi connectivity index (χ4v) is 2.26. The van der Waals surface area contributed by atoms with Gasteiger partial charge in [-0.1, -0.05) is 13.8 Å². The van der Waals surface area contributed by atoms with E-state index in [-0.39, 0.29) is 0 Å². The Bertz CT molecular complexity index is 397. The van der Waals surface area contributed by atoms with Gasteiger partial charge in [0.05, 0.1) is 0 Å². The van der Waals surface area contributed by atoms with Crippen LogP contribution in [0.15, 0.2) is 0 Å². The van der Waals surface area contributed by atoms with Crippen LogP contribution in [0.3, 0.4) is 0 Å². The summed E-state index contributed by atoms with van der Waals surface area (Å²) in [5.74, 6) is 2.46. The van der Waals surface area contributed by atoms with Gasteiger partial charge in [-0.05, 0) is 39.5 Å². The Morgan fingerprint density at radius 3 is 2.35 bits per heavy atom. The maximum absolute atomic E-state index is 4.73. The van der Waals surface area contributed by atoms with E-state index in [2.05, 4.69) is 33.0 Å². The van der Waals surface area contributed by atoms with Crippen molar-refractivity contribution in [2.75, 3.05) is 5.32 Å². The van der Waals surface area contributed by atoms with E-state index < -0.39 is 0 Å². The predicted molar refractivity (Wildman–Crippen MR) is 71.5 cm³/mol. The zero-order chi connectivity index (χ0) is 12.4. The SMILES string of the molecule is CC(C)Nc1nc(C(C)C)nc2c1CCCC2. The summed E-state index contributed by atoms with van der Waals surface area (Å²) < 4.78 is 0. The number of hydrogen-bond acceptors (Lipinski definition) is 3. The smallest absolute Gasteiger partial charge is 0.133 e. The van der Waals surface area contributed by atoms with Crippen LogP contribution in [0, 0.1) is 0 Å². The molecule has 94 valence electrons. The minimum atomic E-state index is 0.398. The quantitative estimate of drug-likeness (QED) is 0.870. The van der Waals surface area contributed by atoms with Crippen molar-refractivity contribution < 1.29 is 0 Å². The van der Waals surface area contributed by atoms with Crippen LogP contribution in [0.5, 0.6) is 0 Å². The van der Waals surface area contributed by atoms with Crippen LogP contribution in [-0.4, -0.2) is 16.0 Å². The lowest BCUT2D eigenvalue weighted by atomic mass is 9.96. The molecule has 1 aromatic heterocycles. The molecule has 1 N–H and O–H groups in total. The molecule has 0 spiro atoms. The van der Waals surface area contributed by atoms with E-state index in [1.165, 1.54) is 24.1 Å². The number of hydrogen-bond donors (Lipinski definition) is 1. The lowest BCUT2D eigenvalue weighted by Gasteiger charge is -2.22. The highest BCUT2D eigenvalue weighted by Crippen LogP contribution is 2.27. The summed E-state index contributed by atoms with van der Waals surface area (Å²) >= 11 is 0. The van der Waals surface area contributed by atoms with Crippen molar-refractivity contribution in [3.8, 4) is 0 Å². The van der Waals surface area contributed by atoms with Crippen molar-refractivity contribution in [2.24, 2.45) is 0 Å². The largest absolute Gasteiger partial charge is 0.368 e. The lowest BCUT2D eigenvalue weighted by Crippen LogP contribution is -2.19. The third kappa shape index (κ3) is 2.76. The van der Waals surface area contributed by atoms with E-state index >= 15 is 0 Å². The molecule has 0 aliphatic heterocycles. The molecule has 0 fully saturated rings. The first-order valence-corrected chi connectivity index (χ1v) is 6.74. The second-order valence-corrected chi connectivity index (χ2v) is 5.52. The Morgan fingerprint density at radius 2 is 1.71 bits per heavy atom. The van der Waals surface area contributed by atoms with Crippen molar-refractivity contribution >= 4 is 5.82 Å². The minimum absolute atomic E-state index is 0.398. The van der Waals surface area contributed by atoms with Crippen molar-refractivity contribution in [2.45, 2.75) is 65.3 Å². The molecule has 0 unspecified atom stereocenters. The van der Waals surface area contributed by atoms with Crippen LogP contribution in [0.4, 0.5) is 5.82 Å². The molecule has 0 saturated carbocycles. The highest BCUT2D eigenvalue weighted by Gasteiger charge is 2.19. The van der Waals surface area contributed by atoms with E-state index in [0.717, 1.165) is 24.5 Å². The zero-order valence-electron chi connectivity index (χ0n) is 11.4. The Kier molecular flexibility index (Phi) is 3.65. The van der Waals surface area contributed by atoms with Gasteiger partial charge in [-0.2, -0.15) is 0 Å². The normalized spacial score (nSPS) is 15.2. The van der Waals surface area contributed by atoms with Crippen LogP contribution in [0.1, 0.15) is 63.5 Å². The summed E-state index contributed by atoms with van der Waals surface area (Å²) in [5.41, 5.74) is 2.63. The Morgan fingerprint density at radius 1 is 1.00 bits per heavy atom. The maximum Gasteiger partial charge on any atom is 0.133 e. The van der Waals surface area contributed by atoms with Crippen LogP contribution in [-0.2, 0) is 12.8 Å². The van der Waals surface area contributed by atoms with Gasteiger partial charge in [-0.3, -0.25) is 0 Å². The number of nitrogens with one attached hydrogen (secondary N) is 1. The standard InChI is InChI=1S/C14H23N3/c1-9(2)13-16-12-8-6-5-7-11(12)14(17-13)15-10(3)4/h9-10H,5-8H2,1-4H3,(H,15,16,17). The number of rotatable bonds is 3. The molecule has 0 radical (unpaired) electrons. The Labute approximate surface area is 104 Å². The second kappa shape index (κ2) is 5.03. The zero-order valence-corrected chi connectivity index (χ0v) is 11.4. The monoisotopic (exact) mass is 233 g/mol. The molecule has 3 heteroatoms. The fraction of sp³-hybridized carbons (Fsp3) is 0.714. The summed E-state index contributed by atoms with van der Waals surface area (Å²) in [5, 5.41) is 3.48. The molecule has 2 rings (SSSR count). The van der Waals surface area contributed by atoms with Gasteiger partial charge >= 0.3 is 0 Å². The first-order chi connectivity index (χ1) is 8.08. The molecule has 3 nitrogen and oxygen atoms in total. The lowest BCUT2D eigenvalue weighted by molar-refractivity contribution is 0.643. The van der Waals surface area contributed by atoms with Crippen molar-refractivity contribution in [3.63, 3.8) is 0 Å². The first-order valence-electron chi connectivity index (χ1n) is 6.74. The van der Waals surface area contributed by atoms with E-state index in [9.17, 15) is 0 Å². The van der Waals surface area contributed by atoms with Crippen molar-refractivity contribution in [1.29, 1.82) is 0 Å². The van der Waals surface area contributed by atoms with Crippen LogP contribution < -0.4 is 5.32 Å². The first kappa shape index (κ1) is 12.3. The second-order valence-electron chi connectivity index (χ2n) is 5.52. The van der Waals surface area contributed by atoms with E-state index in [4.69, 9.17) is 9.97 Å². The van der Waals surface area contributed by atoms with Crippen LogP contribution in [0.2, 0.25) is 0 Å². The molecule has 0 atom stereocenters. The Balaban J connectivity index is 2.42. The maximum atomic E-state index is 4.73. The molecule has 0 aromatic carbocycles. The molecule has 0 amide bonds.